The van der Waals surface area contributed by atoms with Gasteiger partial charge in [-0.2, -0.15) is 5.06 Å². The monoisotopic (exact) mass is 260 g/mol. The van der Waals surface area contributed by atoms with E-state index in [0.717, 1.165) is 0 Å². The second-order valence-corrected chi connectivity index (χ2v) is 5.87. The number of hydrogen-bond donors (Lipinski definition) is 1. The Kier molecular flexibility index (Phi) is 3.53. The first-order valence-corrected chi connectivity index (χ1v) is 6.98. The Morgan fingerprint density at radius 1 is 1.59 bits per heavy atom. The molecule has 6 nitrogen and oxygen atoms in total. The lowest BCUT2D eigenvalue weighted by Crippen LogP contribution is -2.39. The fourth-order valence-corrected chi connectivity index (χ4v) is 3.49. The van der Waals surface area contributed by atoms with Gasteiger partial charge in [-0.15, -0.1) is 0 Å². The van der Waals surface area contributed by atoms with E-state index in [0.29, 0.717) is 12.3 Å². The Morgan fingerprint density at radius 3 is 2.94 bits per heavy atom. The van der Waals surface area contributed by atoms with E-state index in [2.05, 4.69) is 4.72 Å². The first kappa shape index (κ1) is 12.6. The molecule has 0 saturated carbocycles. The summed E-state index contributed by atoms with van der Waals surface area (Å²) < 4.78 is 31.8. The van der Waals surface area contributed by atoms with Crippen LogP contribution in [0.4, 0.5) is 0 Å². The summed E-state index contributed by atoms with van der Waals surface area (Å²) in [6, 6.07) is 3.08. The smallest absolute Gasteiger partial charge is 0.218 e. The fourth-order valence-electron chi connectivity index (χ4n) is 1.99. The summed E-state index contributed by atoms with van der Waals surface area (Å²) in [6.45, 7) is 2.25. The van der Waals surface area contributed by atoms with Gasteiger partial charge in [0.15, 0.2) is 0 Å². The highest BCUT2D eigenvalue weighted by molar-refractivity contribution is 7.90. The normalized spacial score (nSPS) is 26.5. The van der Waals surface area contributed by atoms with Gasteiger partial charge in [-0.3, -0.25) is 4.84 Å². The molecule has 1 aliphatic heterocycles. The van der Waals surface area contributed by atoms with Crippen LogP contribution in [0.15, 0.2) is 22.8 Å². The van der Waals surface area contributed by atoms with Crippen molar-refractivity contribution in [3.63, 3.8) is 0 Å². The summed E-state index contributed by atoms with van der Waals surface area (Å²) in [6.07, 6.45) is 1.53. The van der Waals surface area contributed by atoms with Crippen LogP contribution in [0, 0.1) is 0 Å². The third-order valence-corrected chi connectivity index (χ3v) is 4.65. The lowest BCUT2D eigenvalue weighted by molar-refractivity contribution is -0.113. The predicted molar refractivity (Wildman–Crippen MR) is 61.5 cm³/mol. The Hall–Kier alpha value is -0.890. The van der Waals surface area contributed by atoms with Crippen LogP contribution in [-0.2, 0) is 14.9 Å². The summed E-state index contributed by atoms with van der Waals surface area (Å²) in [5, 5.41) is 0.872. The lowest BCUT2D eigenvalue weighted by Gasteiger charge is -2.20. The molecule has 1 fully saturated rings. The van der Waals surface area contributed by atoms with E-state index in [-0.39, 0.29) is 6.61 Å². The average molecular weight is 260 g/mol. The van der Waals surface area contributed by atoms with E-state index in [4.69, 9.17) is 9.25 Å². The molecule has 0 amide bonds. The molecule has 2 rings (SSSR count). The van der Waals surface area contributed by atoms with Gasteiger partial charge in [0, 0.05) is 13.6 Å². The van der Waals surface area contributed by atoms with E-state index in [1.807, 2.05) is 0 Å². The van der Waals surface area contributed by atoms with Gasteiger partial charge in [0.2, 0.25) is 10.0 Å². The molecule has 1 N–H and O–H groups in total. The summed E-state index contributed by atoms with van der Waals surface area (Å²) in [7, 11) is -1.69. The molecular weight excluding hydrogens is 244 g/mol. The van der Waals surface area contributed by atoms with Crippen molar-refractivity contribution in [3.8, 4) is 0 Å². The quantitative estimate of drug-likeness (QED) is 0.853. The number of furan rings is 1. The average Bonchev–Trinajstić information content (AvgIpc) is 2.85. The van der Waals surface area contributed by atoms with E-state index >= 15 is 0 Å². The topological polar surface area (TPSA) is 71.8 Å². The van der Waals surface area contributed by atoms with Crippen molar-refractivity contribution < 1.29 is 17.7 Å². The highest BCUT2D eigenvalue weighted by Gasteiger charge is 2.44. The summed E-state index contributed by atoms with van der Waals surface area (Å²) in [5.41, 5.74) is 0. The minimum atomic E-state index is -3.39. The van der Waals surface area contributed by atoms with Crippen LogP contribution in [0.1, 0.15) is 18.7 Å². The summed E-state index contributed by atoms with van der Waals surface area (Å²) >= 11 is 0. The highest BCUT2D eigenvalue weighted by Crippen LogP contribution is 2.33. The maximum atomic E-state index is 12.0. The van der Waals surface area contributed by atoms with Crippen molar-refractivity contribution in [2.75, 3.05) is 20.2 Å². The molecule has 1 aromatic rings. The van der Waals surface area contributed by atoms with Crippen LogP contribution in [0.2, 0.25) is 0 Å². The highest BCUT2D eigenvalue weighted by atomic mass is 32.2. The third kappa shape index (κ3) is 2.37. The standard InChI is InChI=1S/C10H16N2O4S/c1-3-11-17(13,14)9-7-16-12(2)10(9)8-5-4-6-15-8/h4-6,9-11H,3,7H2,1-2H3. The van der Waals surface area contributed by atoms with Crippen molar-refractivity contribution >= 4 is 10.0 Å². The van der Waals surface area contributed by atoms with E-state index in [1.54, 1.807) is 26.1 Å². The first-order chi connectivity index (χ1) is 8.06. The maximum absolute atomic E-state index is 12.0. The molecule has 2 atom stereocenters. The molecular formula is C10H16N2O4S. The SMILES string of the molecule is CCNS(=O)(=O)C1CON(C)C1c1ccco1. The van der Waals surface area contributed by atoms with Crippen LogP contribution in [0.25, 0.3) is 0 Å². The minimum Gasteiger partial charge on any atom is -0.468 e. The molecule has 1 aromatic heterocycles. The molecule has 1 aliphatic rings. The second-order valence-electron chi connectivity index (χ2n) is 3.88. The number of hydrogen-bond acceptors (Lipinski definition) is 5. The largest absolute Gasteiger partial charge is 0.468 e. The van der Waals surface area contributed by atoms with Gasteiger partial charge in [0.1, 0.15) is 17.1 Å². The number of rotatable bonds is 4. The molecule has 2 heterocycles. The van der Waals surface area contributed by atoms with Crippen molar-refractivity contribution in [2.24, 2.45) is 0 Å². The summed E-state index contributed by atoms with van der Waals surface area (Å²) in [5.74, 6) is 0.594. The predicted octanol–water partition coefficient (Wildman–Crippen LogP) is 0.506. The Morgan fingerprint density at radius 2 is 2.35 bits per heavy atom. The van der Waals surface area contributed by atoms with Gasteiger partial charge in [0.25, 0.3) is 0 Å². The van der Waals surface area contributed by atoms with Crippen molar-refractivity contribution in [3.05, 3.63) is 24.2 Å². The molecule has 0 bridgehead atoms. The van der Waals surface area contributed by atoms with Gasteiger partial charge in [-0.1, -0.05) is 6.92 Å². The Labute approximate surface area is 101 Å². The van der Waals surface area contributed by atoms with Crippen LogP contribution >= 0.6 is 0 Å². The van der Waals surface area contributed by atoms with Crippen LogP contribution in [0.5, 0.6) is 0 Å². The zero-order valence-corrected chi connectivity index (χ0v) is 10.6. The molecule has 0 aromatic carbocycles. The number of sulfonamides is 1. The van der Waals surface area contributed by atoms with Crippen LogP contribution in [0.3, 0.4) is 0 Å². The lowest BCUT2D eigenvalue weighted by atomic mass is 10.2. The Bertz CT molecular complexity index is 457. The van der Waals surface area contributed by atoms with Crippen LogP contribution < -0.4 is 4.72 Å². The zero-order chi connectivity index (χ0) is 12.5. The van der Waals surface area contributed by atoms with Gasteiger partial charge in [-0.05, 0) is 12.1 Å². The van der Waals surface area contributed by atoms with Gasteiger partial charge >= 0.3 is 0 Å². The third-order valence-electron chi connectivity index (χ3n) is 2.77. The van der Waals surface area contributed by atoms with Crippen molar-refractivity contribution in [1.82, 2.24) is 9.79 Å². The minimum absolute atomic E-state index is 0.136. The summed E-state index contributed by atoms with van der Waals surface area (Å²) in [4.78, 5) is 5.29. The molecule has 1 saturated heterocycles. The molecule has 0 spiro atoms. The zero-order valence-electron chi connectivity index (χ0n) is 9.79. The van der Waals surface area contributed by atoms with Crippen molar-refractivity contribution in [2.45, 2.75) is 18.2 Å². The first-order valence-electron chi connectivity index (χ1n) is 5.44. The van der Waals surface area contributed by atoms with E-state index < -0.39 is 21.3 Å². The van der Waals surface area contributed by atoms with Gasteiger partial charge in [0.05, 0.1) is 12.9 Å². The molecule has 0 aliphatic carbocycles. The van der Waals surface area contributed by atoms with Gasteiger partial charge < -0.3 is 4.42 Å². The number of nitrogens with zero attached hydrogens (tertiary/aromatic N) is 1. The second kappa shape index (κ2) is 4.77. The molecule has 2 unspecified atom stereocenters. The number of nitrogens with one attached hydrogen (secondary N) is 1. The molecule has 0 radical (unpaired) electrons. The maximum Gasteiger partial charge on any atom is 0.218 e. The van der Waals surface area contributed by atoms with Crippen molar-refractivity contribution in [1.29, 1.82) is 0 Å². The Balaban J connectivity index is 2.29. The van der Waals surface area contributed by atoms with Crippen LogP contribution in [-0.4, -0.2) is 38.9 Å². The molecule has 96 valence electrons. The molecule has 17 heavy (non-hydrogen) atoms. The fraction of sp³-hybridized carbons (Fsp3) is 0.600. The van der Waals surface area contributed by atoms with E-state index in [9.17, 15) is 8.42 Å². The van der Waals surface area contributed by atoms with E-state index in [1.165, 1.54) is 11.3 Å². The molecule has 7 heteroatoms. The van der Waals surface area contributed by atoms with Gasteiger partial charge in [-0.25, -0.2) is 13.1 Å². The number of hydroxylamine groups is 2.